The van der Waals surface area contributed by atoms with Gasteiger partial charge in [-0.2, -0.15) is 4.98 Å². The lowest BCUT2D eigenvalue weighted by atomic mass is 9.93. The minimum Gasteiger partial charge on any atom is -0.351 e. The third kappa shape index (κ3) is 3.12. The number of pyridine rings is 1. The summed E-state index contributed by atoms with van der Waals surface area (Å²) >= 11 is 6.25. The van der Waals surface area contributed by atoms with Crippen LogP contribution < -0.4 is 10.9 Å². The Kier molecular flexibility index (Phi) is 4.77. The van der Waals surface area contributed by atoms with Crippen molar-refractivity contribution >= 4 is 28.6 Å². The average Bonchev–Trinajstić information content (AvgIpc) is 2.55. The van der Waals surface area contributed by atoms with Gasteiger partial charge >= 0.3 is 0 Å². The van der Waals surface area contributed by atoms with Crippen LogP contribution in [0.2, 0.25) is 5.02 Å². The molecule has 0 bridgehead atoms. The fourth-order valence-electron chi connectivity index (χ4n) is 2.92. The van der Waals surface area contributed by atoms with Crippen molar-refractivity contribution in [3.05, 3.63) is 51.9 Å². The standard InChI is InChI=1S/C18H17ClN4O.CH4/c1-23-16-11(10-20-18(22-16)21-12-5-4-6-12)9-14(17(23)24)13-7-2-3-8-15(13)19;/h2-3,7-10,12H,4-6H2,1H3,(H,20,21,22);1H4. The van der Waals surface area contributed by atoms with E-state index >= 15 is 0 Å². The molecule has 2 aromatic heterocycles. The molecule has 0 unspecified atom stereocenters. The highest BCUT2D eigenvalue weighted by atomic mass is 35.5. The van der Waals surface area contributed by atoms with E-state index in [1.807, 2.05) is 24.3 Å². The third-order valence-electron chi connectivity index (χ3n) is 4.55. The van der Waals surface area contributed by atoms with E-state index in [2.05, 4.69) is 15.3 Å². The van der Waals surface area contributed by atoms with Crippen molar-refractivity contribution in [3.8, 4) is 11.1 Å². The zero-order valence-electron chi connectivity index (χ0n) is 13.3. The average molecular weight is 357 g/mol. The molecule has 0 saturated heterocycles. The van der Waals surface area contributed by atoms with Gasteiger partial charge in [0.25, 0.3) is 5.56 Å². The summed E-state index contributed by atoms with van der Waals surface area (Å²) in [7, 11) is 1.73. The molecule has 1 N–H and O–H groups in total. The summed E-state index contributed by atoms with van der Waals surface area (Å²) in [4.78, 5) is 21.7. The van der Waals surface area contributed by atoms with Crippen LogP contribution in [-0.2, 0) is 7.05 Å². The molecular formula is C19H21ClN4O. The first-order chi connectivity index (χ1) is 11.6. The predicted octanol–water partition coefficient (Wildman–Crippen LogP) is 4.25. The molecule has 6 heteroatoms. The Labute approximate surface area is 151 Å². The number of benzene rings is 1. The first-order valence-electron chi connectivity index (χ1n) is 8.02. The van der Waals surface area contributed by atoms with E-state index < -0.39 is 0 Å². The van der Waals surface area contributed by atoms with Crippen molar-refractivity contribution < 1.29 is 0 Å². The predicted molar refractivity (Wildman–Crippen MR) is 103 cm³/mol. The number of fused-ring (bicyclic) bond motifs is 1. The number of hydrogen-bond donors (Lipinski definition) is 1. The number of hydrogen-bond acceptors (Lipinski definition) is 4. The van der Waals surface area contributed by atoms with E-state index in [9.17, 15) is 4.79 Å². The largest absolute Gasteiger partial charge is 0.351 e. The Hall–Kier alpha value is -2.40. The van der Waals surface area contributed by atoms with Crippen LogP contribution in [-0.4, -0.2) is 20.6 Å². The van der Waals surface area contributed by atoms with Crippen LogP contribution in [0.3, 0.4) is 0 Å². The number of nitrogens with zero attached hydrogens (tertiary/aromatic N) is 3. The van der Waals surface area contributed by atoms with Crippen molar-refractivity contribution in [2.75, 3.05) is 5.32 Å². The second-order valence-corrected chi connectivity index (χ2v) is 6.55. The van der Waals surface area contributed by atoms with Gasteiger partial charge in [-0.05, 0) is 31.4 Å². The smallest absolute Gasteiger partial charge is 0.259 e. The second kappa shape index (κ2) is 6.84. The normalized spacial score (nSPS) is 14.0. The van der Waals surface area contributed by atoms with Crippen molar-refractivity contribution in [3.63, 3.8) is 0 Å². The van der Waals surface area contributed by atoms with Gasteiger partial charge in [0.2, 0.25) is 5.95 Å². The van der Waals surface area contributed by atoms with E-state index in [1.165, 1.54) is 6.42 Å². The summed E-state index contributed by atoms with van der Waals surface area (Å²) in [6.45, 7) is 0. The minimum absolute atomic E-state index is 0. The van der Waals surface area contributed by atoms with E-state index in [-0.39, 0.29) is 13.0 Å². The highest BCUT2D eigenvalue weighted by Gasteiger charge is 2.19. The number of halogens is 1. The van der Waals surface area contributed by atoms with E-state index in [4.69, 9.17) is 11.6 Å². The molecule has 130 valence electrons. The number of anilines is 1. The van der Waals surface area contributed by atoms with Crippen LogP contribution in [0.25, 0.3) is 22.2 Å². The zero-order valence-corrected chi connectivity index (χ0v) is 14.0. The summed E-state index contributed by atoms with van der Waals surface area (Å²) in [5, 5.41) is 4.68. The fraction of sp³-hybridized carbons (Fsp3) is 0.316. The quantitative estimate of drug-likeness (QED) is 0.762. The molecule has 0 radical (unpaired) electrons. The molecular weight excluding hydrogens is 336 g/mol. The topological polar surface area (TPSA) is 59.8 Å². The summed E-state index contributed by atoms with van der Waals surface area (Å²) < 4.78 is 1.56. The molecule has 1 saturated carbocycles. The van der Waals surface area contributed by atoms with Gasteiger partial charge in [-0.15, -0.1) is 0 Å². The maximum atomic E-state index is 12.8. The maximum Gasteiger partial charge on any atom is 0.259 e. The first kappa shape index (κ1) is 17.4. The van der Waals surface area contributed by atoms with Crippen LogP contribution >= 0.6 is 11.6 Å². The fourth-order valence-corrected chi connectivity index (χ4v) is 3.16. The minimum atomic E-state index is -0.121. The van der Waals surface area contributed by atoms with Gasteiger partial charge in [0, 0.05) is 40.8 Å². The molecule has 5 nitrogen and oxygen atoms in total. The van der Waals surface area contributed by atoms with Gasteiger partial charge in [0.1, 0.15) is 5.65 Å². The van der Waals surface area contributed by atoms with Gasteiger partial charge in [-0.3, -0.25) is 9.36 Å². The molecule has 3 aromatic rings. The van der Waals surface area contributed by atoms with Crippen LogP contribution in [0.15, 0.2) is 41.3 Å². The third-order valence-corrected chi connectivity index (χ3v) is 4.88. The highest BCUT2D eigenvalue weighted by molar-refractivity contribution is 6.33. The number of aryl methyl sites for hydroxylation is 1. The van der Waals surface area contributed by atoms with Crippen LogP contribution in [0.1, 0.15) is 26.7 Å². The lowest BCUT2D eigenvalue weighted by Gasteiger charge is -2.26. The van der Waals surface area contributed by atoms with Crippen molar-refractivity contribution in [1.82, 2.24) is 14.5 Å². The molecule has 1 aromatic carbocycles. The molecule has 1 aliphatic rings. The lowest BCUT2D eigenvalue weighted by Crippen LogP contribution is -2.28. The van der Waals surface area contributed by atoms with Gasteiger partial charge in [0.05, 0.1) is 0 Å². The number of aromatic nitrogens is 3. The lowest BCUT2D eigenvalue weighted by molar-refractivity contribution is 0.443. The van der Waals surface area contributed by atoms with Crippen LogP contribution in [0, 0.1) is 0 Å². The summed E-state index contributed by atoms with van der Waals surface area (Å²) in [5.74, 6) is 0.577. The van der Waals surface area contributed by atoms with Crippen LogP contribution in [0.4, 0.5) is 5.95 Å². The van der Waals surface area contributed by atoms with Crippen LogP contribution in [0.5, 0.6) is 0 Å². The molecule has 1 fully saturated rings. The molecule has 0 aliphatic heterocycles. The number of nitrogens with one attached hydrogen (secondary N) is 1. The monoisotopic (exact) mass is 356 g/mol. The van der Waals surface area contributed by atoms with Gasteiger partial charge < -0.3 is 5.32 Å². The Morgan fingerprint density at radius 2 is 2.00 bits per heavy atom. The van der Waals surface area contributed by atoms with E-state index in [1.54, 1.807) is 23.9 Å². The van der Waals surface area contributed by atoms with E-state index in [0.717, 1.165) is 23.8 Å². The molecule has 0 spiro atoms. The summed E-state index contributed by atoms with van der Waals surface area (Å²) in [6, 6.07) is 9.60. The Morgan fingerprint density at radius 3 is 2.68 bits per heavy atom. The summed E-state index contributed by atoms with van der Waals surface area (Å²) in [6.07, 6.45) is 5.28. The Morgan fingerprint density at radius 1 is 1.24 bits per heavy atom. The van der Waals surface area contributed by atoms with Crippen molar-refractivity contribution in [1.29, 1.82) is 0 Å². The molecule has 25 heavy (non-hydrogen) atoms. The molecule has 1 aliphatic carbocycles. The number of rotatable bonds is 3. The Bertz CT molecular complexity index is 979. The Balaban J connectivity index is 0.00000182. The van der Waals surface area contributed by atoms with Gasteiger partial charge in [-0.25, -0.2) is 4.98 Å². The molecule has 0 atom stereocenters. The van der Waals surface area contributed by atoms with Crippen molar-refractivity contribution in [2.45, 2.75) is 32.7 Å². The molecule has 0 amide bonds. The summed E-state index contributed by atoms with van der Waals surface area (Å²) in [5.41, 5.74) is 1.77. The molecule has 4 rings (SSSR count). The zero-order chi connectivity index (χ0) is 16.7. The van der Waals surface area contributed by atoms with Crippen molar-refractivity contribution in [2.24, 2.45) is 7.05 Å². The highest BCUT2D eigenvalue weighted by Crippen LogP contribution is 2.27. The first-order valence-corrected chi connectivity index (χ1v) is 8.39. The van der Waals surface area contributed by atoms with Gasteiger partial charge in [-0.1, -0.05) is 37.2 Å². The maximum absolute atomic E-state index is 12.8. The molecule has 2 heterocycles. The van der Waals surface area contributed by atoms with Gasteiger partial charge in [0.15, 0.2) is 0 Å². The SMILES string of the molecule is C.Cn1c(=O)c(-c2ccccc2Cl)cc2cnc(NC3CCC3)nc21. The second-order valence-electron chi connectivity index (χ2n) is 6.15. The van der Waals surface area contributed by atoms with E-state index in [0.29, 0.717) is 28.2 Å².